The Morgan fingerprint density at radius 1 is 0.878 bits per heavy atom. The molecule has 0 radical (unpaired) electrons. The van der Waals surface area contributed by atoms with Crippen LogP contribution in [0.1, 0.15) is 33.9 Å². The molecule has 0 spiro atoms. The van der Waals surface area contributed by atoms with Crippen LogP contribution in [0, 0.1) is 6.92 Å². The number of carbonyl (C=O) groups excluding carboxylic acids is 2. The van der Waals surface area contributed by atoms with Gasteiger partial charge in [0.2, 0.25) is 5.13 Å². The number of Topliss-reactive ketones (excluding diaryl/α,β-unsaturated/α-hetero) is 1. The van der Waals surface area contributed by atoms with Crippen molar-refractivity contribution in [1.82, 2.24) is 10.2 Å². The second-order valence-corrected chi connectivity index (χ2v) is 13.7. The van der Waals surface area contributed by atoms with Crippen molar-refractivity contribution in [1.29, 1.82) is 0 Å². The summed E-state index contributed by atoms with van der Waals surface area (Å²) in [5.74, 6) is -0.0124. The summed E-state index contributed by atoms with van der Waals surface area (Å²) in [6.07, 6.45) is 0. The van der Waals surface area contributed by atoms with E-state index in [9.17, 15) is 14.7 Å². The topological polar surface area (TPSA) is 102 Å². The molecule has 1 fully saturated rings. The summed E-state index contributed by atoms with van der Waals surface area (Å²) in [5.41, 5.74) is 4.30. The van der Waals surface area contributed by atoms with Gasteiger partial charge in [0.25, 0.3) is 5.78 Å². The molecule has 1 N–H and O–H groups in total. The summed E-state index contributed by atoms with van der Waals surface area (Å²) in [6.45, 7) is 2.42. The molecule has 1 unspecified atom stereocenters. The Balaban J connectivity index is 1.18. The highest BCUT2D eigenvalue weighted by Crippen LogP contribution is 2.44. The summed E-state index contributed by atoms with van der Waals surface area (Å²) in [6, 6.07) is 35.4. The third-order valence-electron chi connectivity index (χ3n) is 8.32. The molecule has 244 valence electrons. The highest BCUT2D eigenvalue weighted by atomic mass is 32.2. The zero-order valence-electron chi connectivity index (χ0n) is 26.7. The number of rotatable bonds is 10. The normalized spacial score (nSPS) is 15.6. The number of benzene rings is 5. The molecule has 0 saturated carbocycles. The van der Waals surface area contributed by atoms with Crippen molar-refractivity contribution in [3.8, 4) is 11.5 Å². The number of ketones is 1. The van der Waals surface area contributed by atoms with Gasteiger partial charge >= 0.3 is 5.91 Å². The zero-order valence-corrected chi connectivity index (χ0v) is 28.3. The van der Waals surface area contributed by atoms with E-state index in [0.717, 1.165) is 22.1 Å². The van der Waals surface area contributed by atoms with E-state index in [1.807, 2.05) is 43.3 Å². The minimum Gasteiger partial charge on any atom is -0.507 e. The summed E-state index contributed by atoms with van der Waals surface area (Å²) in [7, 11) is 1.56. The quantitative estimate of drug-likeness (QED) is 0.0504. The summed E-state index contributed by atoms with van der Waals surface area (Å²) in [5, 5.41) is 22.9. The minimum atomic E-state index is -0.938. The number of aryl methyl sites for hydroxylation is 1. The molecule has 1 atom stereocenters. The molecule has 5 aromatic carbocycles. The number of thioether (sulfide) groups is 1. The van der Waals surface area contributed by atoms with E-state index in [-0.39, 0.29) is 16.5 Å². The smallest absolute Gasteiger partial charge is 0.301 e. The molecule has 1 saturated heterocycles. The first kappa shape index (κ1) is 32.1. The van der Waals surface area contributed by atoms with Gasteiger partial charge in [-0.2, -0.15) is 0 Å². The van der Waals surface area contributed by atoms with Crippen molar-refractivity contribution in [2.75, 3.05) is 12.0 Å². The lowest BCUT2D eigenvalue weighted by Crippen LogP contribution is -2.29. The Labute approximate surface area is 291 Å². The number of hydrogen-bond acceptors (Lipinski definition) is 9. The minimum absolute atomic E-state index is 0.0382. The maximum atomic E-state index is 13.7. The summed E-state index contributed by atoms with van der Waals surface area (Å²) in [4.78, 5) is 28.7. The monoisotopic (exact) mass is 685 g/mol. The van der Waals surface area contributed by atoms with Gasteiger partial charge in [-0.1, -0.05) is 108 Å². The molecule has 1 aromatic heterocycles. The molecule has 7 rings (SSSR count). The van der Waals surface area contributed by atoms with Gasteiger partial charge in [-0.05, 0) is 70.8 Å². The third-order valence-corrected chi connectivity index (χ3v) is 10.4. The first-order valence-corrected chi connectivity index (χ1v) is 17.4. The molecule has 1 amide bonds. The lowest BCUT2D eigenvalue weighted by Gasteiger charge is -2.22. The fourth-order valence-electron chi connectivity index (χ4n) is 5.88. The van der Waals surface area contributed by atoms with E-state index in [1.54, 1.807) is 55.6 Å². The van der Waals surface area contributed by atoms with E-state index >= 15 is 0 Å². The second kappa shape index (κ2) is 14.0. The lowest BCUT2D eigenvalue weighted by atomic mass is 9.95. The third kappa shape index (κ3) is 6.65. The van der Waals surface area contributed by atoms with Gasteiger partial charge in [-0.15, -0.1) is 10.2 Å². The van der Waals surface area contributed by atoms with Crippen molar-refractivity contribution in [2.24, 2.45) is 0 Å². The van der Waals surface area contributed by atoms with Crippen molar-refractivity contribution < 1.29 is 24.2 Å². The van der Waals surface area contributed by atoms with Crippen LogP contribution in [-0.2, 0) is 21.9 Å². The highest BCUT2D eigenvalue weighted by Gasteiger charge is 2.48. The second-order valence-electron chi connectivity index (χ2n) is 11.5. The van der Waals surface area contributed by atoms with Crippen LogP contribution in [0.3, 0.4) is 0 Å². The largest absolute Gasteiger partial charge is 0.507 e. The molecular formula is C39H31N3O5S2. The predicted molar refractivity (Wildman–Crippen MR) is 193 cm³/mol. The molecule has 0 aliphatic carbocycles. The first-order valence-electron chi connectivity index (χ1n) is 15.6. The van der Waals surface area contributed by atoms with Gasteiger partial charge in [0.05, 0.1) is 18.7 Å². The van der Waals surface area contributed by atoms with Crippen LogP contribution in [0.4, 0.5) is 5.13 Å². The number of methoxy groups -OCH3 is 1. The van der Waals surface area contributed by atoms with Crippen molar-refractivity contribution in [2.45, 2.75) is 29.7 Å². The van der Waals surface area contributed by atoms with Crippen LogP contribution in [-0.4, -0.2) is 34.1 Å². The van der Waals surface area contributed by atoms with Crippen LogP contribution in [0.25, 0.3) is 16.5 Å². The average molecular weight is 686 g/mol. The number of aliphatic hydroxyl groups excluding tert-OH is 1. The van der Waals surface area contributed by atoms with Gasteiger partial charge in [0, 0.05) is 11.3 Å². The van der Waals surface area contributed by atoms with Crippen LogP contribution in [0.5, 0.6) is 11.5 Å². The zero-order chi connectivity index (χ0) is 33.9. The predicted octanol–water partition coefficient (Wildman–Crippen LogP) is 8.51. The number of aromatic nitrogens is 2. The molecule has 1 aliphatic rings. The Bertz CT molecular complexity index is 2190. The molecule has 1 aliphatic heterocycles. The van der Waals surface area contributed by atoms with E-state index in [0.29, 0.717) is 39.3 Å². The van der Waals surface area contributed by atoms with Crippen molar-refractivity contribution in [3.05, 3.63) is 149 Å². The Hall–Kier alpha value is -5.45. The SMILES string of the molecule is COc1ccc(C2C(=C(O)c3ccc(OCc4cccc(C)c4)cc3)C(=O)C(=O)N2c2nnc(SCc3cccc4ccccc34)s2)cc1. The highest BCUT2D eigenvalue weighted by molar-refractivity contribution is 8.00. The molecule has 0 bridgehead atoms. The molecule has 8 nitrogen and oxygen atoms in total. The molecule has 6 aromatic rings. The van der Waals surface area contributed by atoms with Gasteiger partial charge in [-0.3, -0.25) is 14.5 Å². The average Bonchev–Trinajstić information content (AvgIpc) is 3.71. The fourth-order valence-corrected chi connectivity index (χ4v) is 7.75. The van der Waals surface area contributed by atoms with Crippen LogP contribution in [0.2, 0.25) is 0 Å². The number of aliphatic hydroxyl groups is 1. The number of fused-ring (bicyclic) bond motifs is 1. The van der Waals surface area contributed by atoms with E-state index < -0.39 is 17.7 Å². The number of amides is 1. The van der Waals surface area contributed by atoms with Gasteiger partial charge in [0.1, 0.15) is 23.9 Å². The number of ether oxygens (including phenoxy) is 2. The summed E-state index contributed by atoms with van der Waals surface area (Å²) < 4.78 is 11.9. The van der Waals surface area contributed by atoms with Gasteiger partial charge in [-0.25, -0.2) is 0 Å². The molecule has 10 heteroatoms. The van der Waals surface area contributed by atoms with E-state index in [1.165, 1.54) is 33.4 Å². The van der Waals surface area contributed by atoms with Gasteiger partial charge in [0.15, 0.2) is 4.34 Å². The number of carbonyl (C=O) groups is 2. The molecular weight excluding hydrogens is 655 g/mol. The molecule has 2 heterocycles. The first-order chi connectivity index (χ1) is 23.9. The van der Waals surface area contributed by atoms with E-state index in [2.05, 4.69) is 40.5 Å². The van der Waals surface area contributed by atoms with Crippen molar-refractivity contribution in [3.63, 3.8) is 0 Å². The standard InChI is InChI=1S/C39H31N3O5S2/c1-24-7-5-8-25(21-24)22-47-31-19-15-28(16-20-31)35(43)33-34(27-13-17-30(46-2)18-14-27)42(37(45)36(33)44)38-40-41-39(49-38)48-23-29-11-6-10-26-9-3-4-12-32(26)29/h3-21,34,43H,22-23H2,1-2H3. The number of hydrogen-bond donors (Lipinski definition) is 1. The van der Waals surface area contributed by atoms with Crippen LogP contribution >= 0.6 is 23.1 Å². The van der Waals surface area contributed by atoms with E-state index in [4.69, 9.17) is 9.47 Å². The Morgan fingerprint density at radius 2 is 1.61 bits per heavy atom. The number of anilines is 1. The Kier molecular flexibility index (Phi) is 9.15. The Morgan fingerprint density at radius 3 is 2.39 bits per heavy atom. The maximum absolute atomic E-state index is 13.7. The maximum Gasteiger partial charge on any atom is 0.301 e. The van der Waals surface area contributed by atoms with Crippen molar-refractivity contribution >= 4 is 56.5 Å². The van der Waals surface area contributed by atoms with Crippen LogP contribution < -0.4 is 14.4 Å². The fraction of sp³-hybridized carbons (Fsp3) is 0.128. The lowest BCUT2D eigenvalue weighted by molar-refractivity contribution is -0.132. The van der Waals surface area contributed by atoms with Crippen LogP contribution in [0.15, 0.2) is 125 Å². The number of nitrogens with zero attached hydrogens (tertiary/aromatic N) is 3. The molecule has 49 heavy (non-hydrogen) atoms. The van der Waals surface area contributed by atoms with Gasteiger partial charge < -0.3 is 14.6 Å². The summed E-state index contributed by atoms with van der Waals surface area (Å²) >= 11 is 2.74.